The number of para-hydroxylation sites is 1. The Bertz CT molecular complexity index is 418. The van der Waals surface area contributed by atoms with Crippen molar-refractivity contribution in [3.05, 3.63) is 29.3 Å². The highest BCUT2D eigenvalue weighted by Crippen LogP contribution is 2.24. The zero-order chi connectivity index (χ0) is 13.7. The lowest BCUT2D eigenvalue weighted by molar-refractivity contribution is -0.143. The third-order valence-corrected chi connectivity index (χ3v) is 3.21. The fourth-order valence-corrected chi connectivity index (χ4v) is 2.11. The SMILES string of the molecule is CCc1cccc(CN(C)[C@H](CC)C(=O)O)c1O. The monoisotopic (exact) mass is 251 g/mol. The summed E-state index contributed by atoms with van der Waals surface area (Å²) in [5.74, 6) is -0.543. The molecule has 0 amide bonds. The molecule has 0 radical (unpaired) electrons. The first-order valence-electron chi connectivity index (χ1n) is 6.24. The molecular formula is C14H21NO3. The Morgan fingerprint density at radius 2 is 1.94 bits per heavy atom. The summed E-state index contributed by atoms with van der Waals surface area (Å²) in [5.41, 5.74) is 1.67. The molecule has 0 aliphatic rings. The van der Waals surface area contributed by atoms with Crippen LogP contribution in [-0.4, -0.2) is 34.2 Å². The molecule has 0 unspecified atom stereocenters. The maximum atomic E-state index is 11.1. The van der Waals surface area contributed by atoms with Crippen molar-refractivity contribution in [2.24, 2.45) is 0 Å². The van der Waals surface area contributed by atoms with E-state index in [0.717, 1.165) is 17.5 Å². The zero-order valence-electron chi connectivity index (χ0n) is 11.2. The third-order valence-electron chi connectivity index (χ3n) is 3.21. The molecule has 0 spiro atoms. The van der Waals surface area contributed by atoms with Crippen LogP contribution in [0.2, 0.25) is 0 Å². The van der Waals surface area contributed by atoms with Gasteiger partial charge < -0.3 is 10.2 Å². The van der Waals surface area contributed by atoms with Crippen LogP contribution in [0.3, 0.4) is 0 Å². The van der Waals surface area contributed by atoms with Gasteiger partial charge in [-0.1, -0.05) is 32.0 Å². The molecule has 1 aromatic carbocycles. The number of likely N-dealkylation sites (N-methyl/N-ethyl adjacent to an activating group) is 1. The molecule has 0 saturated carbocycles. The summed E-state index contributed by atoms with van der Waals surface area (Å²) in [7, 11) is 1.76. The Labute approximate surface area is 108 Å². The molecule has 0 aliphatic carbocycles. The smallest absolute Gasteiger partial charge is 0.320 e. The van der Waals surface area contributed by atoms with Crippen molar-refractivity contribution >= 4 is 5.97 Å². The maximum Gasteiger partial charge on any atom is 0.320 e. The van der Waals surface area contributed by atoms with E-state index in [0.29, 0.717) is 13.0 Å². The average Bonchev–Trinajstić information content (AvgIpc) is 2.32. The third kappa shape index (κ3) is 3.23. The number of hydrogen-bond donors (Lipinski definition) is 2. The largest absolute Gasteiger partial charge is 0.507 e. The van der Waals surface area contributed by atoms with E-state index in [-0.39, 0.29) is 5.75 Å². The summed E-state index contributed by atoms with van der Waals surface area (Å²) in [4.78, 5) is 12.8. The minimum absolute atomic E-state index is 0.284. The molecular weight excluding hydrogens is 230 g/mol. The number of carbonyl (C=O) groups is 1. The van der Waals surface area contributed by atoms with Gasteiger partial charge in [0, 0.05) is 12.1 Å². The van der Waals surface area contributed by atoms with Crippen LogP contribution < -0.4 is 0 Å². The van der Waals surface area contributed by atoms with Gasteiger partial charge in [0.25, 0.3) is 0 Å². The van der Waals surface area contributed by atoms with Crippen molar-refractivity contribution in [1.29, 1.82) is 0 Å². The van der Waals surface area contributed by atoms with E-state index in [1.54, 1.807) is 11.9 Å². The normalized spacial score (nSPS) is 12.7. The quantitative estimate of drug-likeness (QED) is 0.814. The van der Waals surface area contributed by atoms with E-state index in [1.807, 2.05) is 32.0 Å². The van der Waals surface area contributed by atoms with E-state index in [4.69, 9.17) is 5.11 Å². The molecule has 100 valence electrons. The molecule has 18 heavy (non-hydrogen) atoms. The molecule has 0 heterocycles. The van der Waals surface area contributed by atoms with E-state index < -0.39 is 12.0 Å². The number of phenols is 1. The van der Waals surface area contributed by atoms with Gasteiger partial charge in [-0.05, 0) is 25.5 Å². The first kappa shape index (κ1) is 14.5. The van der Waals surface area contributed by atoms with Crippen molar-refractivity contribution in [2.75, 3.05) is 7.05 Å². The first-order chi connectivity index (χ1) is 8.51. The first-order valence-corrected chi connectivity index (χ1v) is 6.24. The minimum atomic E-state index is -0.828. The van der Waals surface area contributed by atoms with Gasteiger partial charge in [-0.3, -0.25) is 9.69 Å². The van der Waals surface area contributed by atoms with Gasteiger partial charge >= 0.3 is 5.97 Å². The predicted octanol–water partition coefficient (Wildman–Crippen LogP) is 2.25. The molecule has 1 rings (SSSR count). The second kappa shape index (κ2) is 6.40. The topological polar surface area (TPSA) is 60.8 Å². The summed E-state index contributed by atoms with van der Waals surface area (Å²) in [5, 5.41) is 19.1. The Morgan fingerprint density at radius 1 is 1.33 bits per heavy atom. The molecule has 0 aliphatic heterocycles. The summed E-state index contributed by atoms with van der Waals surface area (Å²) in [6, 6.07) is 5.09. The fourth-order valence-electron chi connectivity index (χ4n) is 2.11. The highest BCUT2D eigenvalue weighted by Gasteiger charge is 2.21. The maximum absolute atomic E-state index is 11.1. The lowest BCUT2D eigenvalue weighted by atomic mass is 10.1. The molecule has 0 aromatic heterocycles. The number of aliphatic carboxylic acids is 1. The average molecular weight is 251 g/mol. The second-order valence-corrected chi connectivity index (χ2v) is 4.46. The Balaban J connectivity index is 2.87. The van der Waals surface area contributed by atoms with Crippen LogP contribution in [0.4, 0.5) is 0 Å². The van der Waals surface area contributed by atoms with E-state index in [9.17, 15) is 9.90 Å². The van der Waals surface area contributed by atoms with Gasteiger partial charge in [-0.25, -0.2) is 0 Å². The van der Waals surface area contributed by atoms with Crippen molar-refractivity contribution < 1.29 is 15.0 Å². The van der Waals surface area contributed by atoms with Crippen LogP contribution in [-0.2, 0) is 17.8 Å². The van der Waals surface area contributed by atoms with Crippen molar-refractivity contribution in [3.8, 4) is 5.75 Å². The number of hydrogen-bond acceptors (Lipinski definition) is 3. The highest BCUT2D eigenvalue weighted by molar-refractivity contribution is 5.73. The molecule has 0 saturated heterocycles. The molecule has 4 nitrogen and oxygen atoms in total. The summed E-state index contributed by atoms with van der Waals surface area (Å²) in [6.45, 7) is 4.26. The number of carboxylic acids is 1. The lowest BCUT2D eigenvalue weighted by Gasteiger charge is -2.24. The zero-order valence-corrected chi connectivity index (χ0v) is 11.2. The highest BCUT2D eigenvalue weighted by atomic mass is 16.4. The van der Waals surface area contributed by atoms with Crippen LogP contribution in [0, 0.1) is 0 Å². The second-order valence-electron chi connectivity index (χ2n) is 4.46. The molecule has 4 heteroatoms. The number of aryl methyl sites for hydroxylation is 1. The van der Waals surface area contributed by atoms with Gasteiger partial charge in [0.05, 0.1) is 0 Å². The van der Waals surface area contributed by atoms with Gasteiger partial charge in [0.2, 0.25) is 0 Å². The molecule has 1 atom stereocenters. The number of phenolic OH excluding ortho intramolecular Hbond substituents is 1. The van der Waals surface area contributed by atoms with Gasteiger partial charge in [0.15, 0.2) is 0 Å². The number of benzene rings is 1. The van der Waals surface area contributed by atoms with Crippen molar-refractivity contribution in [3.63, 3.8) is 0 Å². The van der Waals surface area contributed by atoms with Crippen LogP contribution >= 0.6 is 0 Å². The predicted molar refractivity (Wildman–Crippen MR) is 70.7 cm³/mol. The van der Waals surface area contributed by atoms with Crippen LogP contribution in [0.25, 0.3) is 0 Å². The van der Waals surface area contributed by atoms with Crippen molar-refractivity contribution in [2.45, 2.75) is 39.3 Å². The van der Waals surface area contributed by atoms with Crippen molar-refractivity contribution in [1.82, 2.24) is 4.90 Å². The minimum Gasteiger partial charge on any atom is -0.507 e. The summed E-state index contributed by atoms with van der Waals surface area (Å²) >= 11 is 0. The van der Waals surface area contributed by atoms with Crippen LogP contribution in [0.15, 0.2) is 18.2 Å². The Hall–Kier alpha value is -1.55. The van der Waals surface area contributed by atoms with E-state index >= 15 is 0 Å². The molecule has 2 N–H and O–H groups in total. The molecule has 1 aromatic rings. The molecule has 0 fully saturated rings. The Morgan fingerprint density at radius 3 is 2.44 bits per heavy atom. The van der Waals surface area contributed by atoms with Gasteiger partial charge in [-0.15, -0.1) is 0 Å². The van der Waals surface area contributed by atoms with Gasteiger partial charge in [0.1, 0.15) is 11.8 Å². The number of aromatic hydroxyl groups is 1. The van der Waals surface area contributed by atoms with Gasteiger partial charge in [-0.2, -0.15) is 0 Å². The Kier molecular flexibility index (Phi) is 5.16. The van der Waals surface area contributed by atoms with Crippen LogP contribution in [0.1, 0.15) is 31.4 Å². The number of nitrogens with zero attached hydrogens (tertiary/aromatic N) is 1. The van der Waals surface area contributed by atoms with E-state index in [2.05, 4.69) is 0 Å². The summed E-state index contributed by atoms with van der Waals surface area (Å²) in [6.07, 6.45) is 1.31. The molecule has 0 bridgehead atoms. The number of carboxylic acid groups (broad SMARTS) is 1. The van der Waals surface area contributed by atoms with E-state index in [1.165, 1.54) is 0 Å². The number of rotatable bonds is 6. The standard InChI is InChI=1S/C14H21NO3/c1-4-10-7-6-8-11(13(10)16)9-15(3)12(5-2)14(17)18/h6-8,12,16H,4-5,9H2,1-3H3,(H,17,18)/t12-/m1/s1. The summed E-state index contributed by atoms with van der Waals surface area (Å²) < 4.78 is 0. The fraction of sp³-hybridized carbons (Fsp3) is 0.500. The lowest BCUT2D eigenvalue weighted by Crippen LogP contribution is -2.37. The van der Waals surface area contributed by atoms with Crippen LogP contribution in [0.5, 0.6) is 5.75 Å².